The van der Waals surface area contributed by atoms with Crippen LogP contribution in [0.3, 0.4) is 0 Å². The standard InChI is InChI=1S/C12H12N4O3/c13-9-5-14-16(6-9)7-11(17)15-10-3-1-2-8(4-10)12(18)19/h1-6H,7,13H2,(H,15,17)(H,18,19). The Morgan fingerprint density at radius 3 is 2.84 bits per heavy atom. The predicted octanol–water partition coefficient (Wildman–Crippen LogP) is 0.802. The van der Waals surface area contributed by atoms with Crippen LogP contribution in [0.5, 0.6) is 0 Å². The minimum Gasteiger partial charge on any atom is -0.478 e. The Labute approximate surface area is 108 Å². The van der Waals surface area contributed by atoms with Gasteiger partial charge in [0.05, 0.1) is 17.4 Å². The van der Waals surface area contributed by atoms with Gasteiger partial charge in [-0.3, -0.25) is 9.48 Å². The SMILES string of the molecule is Nc1cnn(CC(=O)Nc2cccc(C(=O)O)c2)c1. The quantitative estimate of drug-likeness (QED) is 0.753. The molecule has 0 saturated carbocycles. The van der Waals surface area contributed by atoms with Gasteiger partial charge in [-0.25, -0.2) is 4.79 Å². The Balaban J connectivity index is 2.02. The maximum absolute atomic E-state index is 11.7. The number of amides is 1. The van der Waals surface area contributed by atoms with Gasteiger partial charge in [0.15, 0.2) is 0 Å². The number of nitrogens with zero attached hydrogens (tertiary/aromatic N) is 2. The highest BCUT2D eigenvalue weighted by Gasteiger charge is 2.07. The third kappa shape index (κ3) is 3.32. The molecule has 0 unspecified atom stereocenters. The zero-order chi connectivity index (χ0) is 13.8. The molecule has 2 rings (SSSR count). The number of carboxylic acid groups (broad SMARTS) is 1. The number of hydrogen-bond donors (Lipinski definition) is 3. The third-order valence-electron chi connectivity index (χ3n) is 2.35. The molecule has 7 nitrogen and oxygen atoms in total. The maximum Gasteiger partial charge on any atom is 0.335 e. The maximum atomic E-state index is 11.7. The summed E-state index contributed by atoms with van der Waals surface area (Å²) in [4.78, 5) is 22.5. The van der Waals surface area contributed by atoms with Crippen LogP contribution in [0.2, 0.25) is 0 Å². The molecule has 4 N–H and O–H groups in total. The molecule has 0 atom stereocenters. The van der Waals surface area contributed by atoms with E-state index in [1.54, 1.807) is 12.1 Å². The van der Waals surface area contributed by atoms with E-state index in [1.165, 1.54) is 29.2 Å². The fourth-order valence-electron chi connectivity index (χ4n) is 1.54. The van der Waals surface area contributed by atoms with Crippen molar-refractivity contribution in [3.05, 3.63) is 42.2 Å². The van der Waals surface area contributed by atoms with Crippen LogP contribution >= 0.6 is 0 Å². The lowest BCUT2D eigenvalue weighted by Crippen LogP contribution is -2.19. The number of nitrogens with two attached hydrogens (primary N) is 1. The number of aromatic carboxylic acids is 1. The van der Waals surface area contributed by atoms with Crippen LogP contribution in [-0.4, -0.2) is 26.8 Å². The number of carboxylic acids is 1. The lowest BCUT2D eigenvalue weighted by atomic mass is 10.2. The lowest BCUT2D eigenvalue weighted by Gasteiger charge is -2.06. The van der Waals surface area contributed by atoms with Crippen molar-refractivity contribution in [2.24, 2.45) is 0 Å². The van der Waals surface area contributed by atoms with Crippen LogP contribution in [-0.2, 0) is 11.3 Å². The first-order valence-electron chi connectivity index (χ1n) is 5.46. The van der Waals surface area contributed by atoms with Crippen LogP contribution in [0.1, 0.15) is 10.4 Å². The van der Waals surface area contributed by atoms with Crippen LogP contribution < -0.4 is 11.1 Å². The van der Waals surface area contributed by atoms with Gasteiger partial charge in [0.25, 0.3) is 0 Å². The summed E-state index contributed by atoms with van der Waals surface area (Å²) in [5, 5.41) is 15.3. The van der Waals surface area contributed by atoms with Crippen molar-refractivity contribution >= 4 is 23.3 Å². The molecule has 98 valence electrons. The molecule has 0 aliphatic rings. The lowest BCUT2D eigenvalue weighted by molar-refractivity contribution is -0.116. The van der Waals surface area contributed by atoms with Gasteiger partial charge in [0, 0.05) is 11.9 Å². The van der Waals surface area contributed by atoms with E-state index < -0.39 is 5.97 Å². The fraction of sp³-hybridized carbons (Fsp3) is 0.0833. The molecule has 0 aliphatic carbocycles. The molecule has 2 aromatic rings. The second-order valence-electron chi connectivity index (χ2n) is 3.91. The van der Waals surface area contributed by atoms with E-state index in [0.29, 0.717) is 11.4 Å². The van der Waals surface area contributed by atoms with Gasteiger partial charge >= 0.3 is 5.97 Å². The summed E-state index contributed by atoms with van der Waals surface area (Å²) in [5.41, 5.74) is 6.49. The van der Waals surface area contributed by atoms with E-state index in [9.17, 15) is 9.59 Å². The second-order valence-corrected chi connectivity index (χ2v) is 3.91. The molecule has 7 heteroatoms. The first kappa shape index (κ1) is 12.6. The minimum atomic E-state index is -1.05. The monoisotopic (exact) mass is 260 g/mol. The zero-order valence-corrected chi connectivity index (χ0v) is 9.91. The van der Waals surface area contributed by atoms with Crippen molar-refractivity contribution in [2.75, 3.05) is 11.1 Å². The normalized spacial score (nSPS) is 10.1. The number of nitrogen functional groups attached to an aromatic ring is 1. The summed E-state index contributed by atoms with van der Waals surface area (Å²) in [6, 6.07) is 6.01. The highest BCUT2D eigenvalue weighted by molar-refractivity contribution is 5.93. The molecule has 0 radical (unpaired) electrons. The fourth-order valence-corrected chi connectivity index (χ4v) is 1.54. The van der Waals surface area contributed by atoms with Gasteiger partial charge in [-0.1, -0.05) is 6.07 Å². The van der Waals surface area contributed by atoms with Gasteiger partial charge in [-0.05, 0) is 18.2 Å². The Bertz CT molecular complexity index is 621. The van der Waals surface area contributed by atoms with Gasteiger partial charge in [-0.2, -0.15) is 5.10 Å². The number of aromatic nitrogens is 2. The minimum absolute atomic E-state index is 0.00843. The molecular weight excluding hydrogens is 248 g/mol. The molecule has 0 spiro atoms. The average Bonchev–Trinajstić information content (AvgIpc) is 2.74. The Morgan fingerprint density at radius 2 is 2.21 bits per heavy atom. The van der Waals surface area contributed by atoms with E-state index in [4.69, 9.17) is 10.8 Å². The molecule has 0 bridgehead atoms. The van der Waals surface area contributed by atoms with Crippen LogP contribution in [0, 0.1) is 0 Å². The molecular formula is C12H12N4O3. The van der Waals surface area contributed by atoms with Crippen LogP contribution in [0.25, 0.3) is 0 Å². The smallest absolute Gasteiger partial charge is 0.335 e. The summed E-state index contributed by atoms with van der Waals surface area (Å²) in [6.45, 7) is 0.00843. The zero-order valence-electron chi connectivity index (χ0n) is 9.91. The summed E-state index contributed by atoms with van der Waals surface area (Å²) in [6.07, 6.45) is 2.98. The van der Waals surface area contributed by atoms with Crippen molar-refractivity contribution in [2.45, 2.75) is 6.54 Å². The Kier molecular flexibility index (Phi) is 3.46. The van der Waals surface area contributed by atoms with E-state index >= 15 is 0 Å². The van der Waals surface area contributed by atoms with Crippen molar-refractivity contribution in [3.8, 4) is 0 Å². The van der Waals surface area contributed by atoms with Gasteiger partial charge < -0.3 is 16.2 Å². The molecule has 0 saturated heterocycles. The topological polar surface area (TPSA) is 110 Å². The number of carbonyl (C=O) groups excluding carboxylic acids is 1. The molecule has 1 heterocycles. The largest absolute Gasteiger partial charge is 0.478 e. The highest BCUT2D eigenvalue weighted by Crippen LogP contribution is 2.10. The van der Waals surface area contributed by atoms with Crippen molar-refractivity contribution in [3.63, 3.8) is 0 Å². The van der Waals surface area contributed by atoms with Crippen LogP contribution in [0.15, 0.2) is 36.7 Å². The molecule has 19 heavy (non-hydrogen) atoms. The third-order valence-corrected chi connectivity index (χ3v) is 2.35. The van der Waals surface area contributed by atoms with Gasteiger partial charge in [-0.15, -0.1) is 0 Å². The second kappa shape index (κ2) is 5.21. The summed E-state index contributed by atoms with van der Waals surface area (Å²) in [7, 11) is 0. The Morgan fingerprint density at radius 1 is 1.42 bits per heavy atom. The average molecular weight is 260 g/mol. The van der Waals surface area contributed by atoms with Crippen molar-refractivity contribution in [1.29, 1.82) is 0 Å². The summed E-state index contributed by atoms with van der Waals surface area (Å²) >= 11 is 0. The summed E-state index contributed by atoms with van der Waals surface area (Å²) < 4.78 is 1.39. The van der Waals surface area contributed by atoms with Crippen molar-refractivity contribution < 1.29 is 14.7 Å². The number of anilines is 2. The van der Waals surface area contributed by atoms with E-state index in [-0.39, 0.29) is 18.0 Å². The number of hydrogen-bond acceptors (Lipinski definition) is 4. The van der Waals surface area contributed by atoms with E-state index in [2.05, 4.69) is 10.4 Å². The first-order valence-corrected chi connectivity index (χ1v) is 5.46. The predicted molar refractivity (Wildman–Crippen MR) is 68.7 cm³/mol. The first-order chi connectivity index (χ1) is 9.04. The van der Waals surface area contributed by atoms with Crippen LogP contribution in [0.4, 0.5) is 11.4 Å². The molecule has 1 aromatic carbocycles. The Hall–Kier alpha value is -2.83. The molecule has 0 aliphatic heterocycles. The number of nitrogens with one attached hydrogen (secondary N) is 1. The highest BCUT2D eigenvalue weighted by atomic mass is 16.4. The van der Waals surface area contributed by atoms with E-state index in [1.807, 2.05) is 0 Å². The van der Waals surface area contributed by atoms with Crippen molar-refractivity contribution in [1.82, 2.24) is 9.78 Å². The molecule has 1 amide bonds. The molecule has 1 aromatic heterocycles. The summed E-state index contributed by atoms with van der Waals surface area (Å²) in [5.74, 6) is -1.36. The number of benzene rings is 1. The van der Waals surface area contributed by atoms with E-state index in [0.717, 1.165) is 0 Å². The van der Waals surface area contributed by atoms with Gasteiger partial charge in [0.2, 0.25) is 5.91 Å². The molecule has 0 fully saturated rings. The number of rotatable bonds is 4. The van der Waals surface area contributed by atoms with Gasteiger partial charge in [0.1, 0.15) is 6.54 Å². The number of carbonyl (C=O) groups is 2.